The van der Waals surface area contributed by atoms with Crippen LogP contribution in [0.1, 0.15) is 31.2 Å². The van der Waals surface area contributed by atoms with Gasteiger partial charge in [-0.15, -0.1) is 12.3 Å². The summed E-state index contributed by atoms with van der Waals surface area (Å²) >= 11 is 0. The Kier molecular flexibility index (Phi) is 8.47. The fraction of sp³-hybridized carbons (Fsp3) is 0.480. The number of alkyl halides is 1. The number of ether oxygens (including phenoxy) is 2. The number of aryl methyl sites for hydroxylation is 1. The lowest BCUT2D eigenvalue weighted by molar-refractivity contribution is -0.297. The van der Waals surface area contributed by atoms with Crippen molar-refractivity contribution < 1.29 is 48.3 Å². The number of halogens is 1. The summed E-state index contributed by atoms with van der Waals surface area (Å²) in [5.41, 5.74) is 0.00555. The second kappa shape index (κ2) is 11.2. The molecule has 4 N–H and O–H groups in total. The molecule has 1 saturated heterocycles. The van der Waals surface area contributed by atoms with Gasteiger partial charge in [-0.3, -0.25) is 4.79 Å². The number of benzene rings is 1. The molecule has 0 amide bonds. The summed E-state index contributed by atoms with van der Waals surface area (Å²) in [4.78, 5) is 36.3. The van der Waals surface area contributed by atoms with E-state index in [-0.39, 0.29) is 36.4 Å². The number of aliphatic hydroxyl groups is 3. The summed E-state index contributed by atoms with van der Waals surface area (Å²) in [5, 5.41) is 40.3. The van der Waals surface area contributed by atoms with Crippen molar-refractivity contribution in [1.82, 2.24) is 0 Å². The van der Waals surface area contributed by atoms with Crippen molar-refractivity contribution in [2.24, 2.45) is 5.92 Å². The van der Waals surface area contributed by atoms with Gasteiger partial charge in [0.2, 0.25) is 0 Å². The number of fused-ring (bicyclic) bond motifs is 1. The summed E-state index contributed by atoms with van der Waals surface area (Å²) in [6.45, 7) is 0.770. The van der Waals surface area contributed by atoms with Crippen LogP contribution in [0.3, 0.4) is 0 Å². The second-order valence-corrected chi connectivity index (χ2v) is 8.71. The standard InChI is InChI=1S/C25H27FO10/c1-3-4-5-15(28)9-14-10-20(26)25(24(32)33,36-23(14)22(31)18(29)12-27)35-16-6-7-17-13(2)8-21(30)34-19(17)11-16/h1,6-8,11,14,18,20,22-23,27,29,31H,4-5,9-10,12H2,2H3,(H,32,33)/t14?,18-,20?,22-,23?,25?/m1/s1. The van der Waals surface area contributed by atoms with Crippen molar-refractivity contribution in [2.75, 3.05) is 6.61 Å². The van der Waals surface area contributed by atoms with Crippen LogP contribution >= 0.6 is 0 Å². The lowest BCUT2D eigenvalue weighted by Gasteiger charge is -2.45. The molecule has 1 aromatic heterocycles. The summed E-state index contributed by atoms with van der Waals surface area (Å²) in [6.07, 6.45) is -3.13. The number of hydrogen-bond donors (Lipinski definition) is 4. The number of hydrogen-bond acceptors (Lipinski definition) is 9. The van der Waals surface area contributed by atoms with Gasteiger partial charge in [-0.05, 0) is 37.0 Å². The van der Waals surface area contributed by atoms with E-state index in [1.165, 1.54) is 24.3 Å². The van der Waals surface area contributed by atoms with E-state index in [1.54, 1.807) is 6.92 Å². The number of carboxylic acid groups (broad SMARTS) is 1. The molecule has 0 aliphatic carbocycles. The molecular formula is C25H27FO10. The number of terminal acetylenes is 1. The van der Waals surface area contributed by atoms with Crippen LogP contribution in [-0.2, 0) is 14.3 Å². The molecule has 6 atom stereocenters. The first-order valence-corrected chi connectivity index (χ1v) is 11.2. The van der Waals surface area contributed by atoms with Crippen LogP contribution in [-0.4, -0.2) is 69.1 Å². The third kappa shape index (κ3) is 5.57. The summed E-state index contributed by atoms with van der Waals surface area (Å²) in [6, 6.07) is 5.30. The third-order valence-corrected chi connectivity index (χ3v) is 6.14. The first-order valence-electron chi connectivity index (χ1n) is 11.2. The third-order valence-electron chi connectivity index (χ3n) is 6.14. The molecule has 0 spiro atoms. The normalized spacial score (nSPS) is 25.6. The molecule has 2 heterocycles. The van der Waals surface area contributed by atoms with E-state index in [0.29, 0.717) is 10.9 Å². The van der Waals surface area contributed by atoms with Crippen molar-refractivity contribution in [1.29, 1.82) is 0 Å². The van der Waals surface area contributed by atoms with Crippen LogP contribution in [0, 0.1) is 25.2 Å². The van der Waals surface area contributed by atoms with Crippen molar-refractivity contribution in [3.8, 4) is 18.1 Å². The predicted molar refractivity (Wildman–Crippen MR) is 123 cm³/mol. The van der Waals surface area contributed by atoms with Gasteiger partial charge in [0.1, 0.15) is 29.3 Å². The Balaban J connectivity index is 1.98. The van der Waals surface area contributed by atoms with E-state index in [9.17, 15) is 34.8 Å². The summed E-state index contributed by atoms with van der Waals surface area (Å²) in [5.74, 6) is -4.16. The van der Waals surface area contributed by atoms with Crippen LogP contribution in [0.2, 0.25) is 0 Å². The molecule has 1 aliphatic rings. The number of aliphatic hydroxyl groups excluding tert-OH is 3. The highest BCUT2D eigenvalue weighted by atomic mass is 19.1. The van der Waals surface area contributed by atoms with Gasteiger partial charge in [-0.25, -0.2) is 14.0 Å². The Hall–Kier alpha value is -3.30. The summed E-state index contributed by atoms with van der Waals surface area (Å²) in [7, 11) is 0. The SMILES string of the molecule is C#CCCC(=O)CC1CC(F)C(Oc2ccc3c(C)cc(=O)oc3c2)(C(=O)O)OC1[C@H](O)[C@H](O)CO. The molecule has 4 unspecified atom stereocenters. The quantitative estimate of drug-likeness (QED) is 0.271. The molecule has 0 bridgehead atoms. The van der Waals surface area contributed by atoms with Crippen LogP contribution < -0.4 is 10.4 Å². The molecule has 10 nitrogen and oxygen atoms in total. The number of aliphatic carboxylic acids is 1. The van der Waals surface area contributed by atoms with Crippen LogP contribution in [0.15, 0.2) is 33.5 Å². The first kappa shape index (κ1) is 27.3. The van der Waals surface area contributed by atoms with Crippen molar-refractivity contribution in [2.45, 2.75) is 62.9 Å². The predicted octanol–water partition coefficient (Wildman–Crippen LogP) is 1.09. The van der Waals surface area contributed by atoms with Crippen LogP contribution in [0.4, 0.5) is 4.39 Å². The van der Waals surface area contributed by atoms with Crippen molar-refractivity contribution in [3.05, 3.63) is 40.2 Å². The van der Waals surface area contributed by atoms with E-state index in [2.05, 4.69) is 5.92 Å². The second-order valence-electron chi connectivity index (χ2n) is 8.71. The molecule has 0 saturated carbocycles. The van der Waals surface area contributed by atoms with Gasteiger partial charge in [0, 0.05) is 36.8 Å². The minimum Gasteiger partial charge on any atom is -0.476 e. The molecule has 1 aromatic carbocycles. The number of carbonyl (C=O) groups excluding carboxylic acids is 1. The topological polar surface area (TPSA) is 164 Å². The number of ketones is 1. The van der Waals surface area contributed by atoms with Gasteiger partial charge in [0.05, 0.1) is 12.7 Å². The lowest BCUT2D eigenvalue weighted by Crippen LogP contribution is -2.64. The zero-order chi connectivity index (χ0) is 26.6. The molecule has 11 heteroatoms. The fourth-order valence-corrected chi connectivity index (χ4v) is 4.27. The molecule has 36 heavy (non-hydrogen) atoms. The Morgan fingerprint density at radius 1 is 1.33 bits per heavy atom. The maximum Gasteiger partial charge on any atom is 0.380 e. The van der Waals surface area contributed by atoms with Gasteiger partial charge >= 0.3 is 17.4 Å². The highest BCUT2D eigenvalue weighted by molar-refractivity contribution is 5.82. The van der Waals surface area contributed by atoms with E-state index < -0.39 is 60.8 Å². The maximum atomic E-state index is 15.5. The van der Waals surface area contributed by atoms with E-state index in [0.717, 1.165) is 0 Å². The van der Waals surface area contributed by atoms with Gasteiger partial charge in [0.25, 0.3) is 0 Å². The molecule has 2 aromatic rings. The minimum absolute atomic E-state index is 0.0163. The molecule has 0 radical (unpaired) electrons. The molecule has 1 fully saturated rings. The highest BCUT2D eigenvalue weighted by Crippen LogP contribution is 2.41. The minimum atomic E-state index is -2.98. The van der Waals surface area contributed by atoms with Crippen LogP contribution in [0.5, 0.6) is 5.75 Å². The number of Topliss-reactive ketones (excluding diaryl/α,β-unsaturated/α-hetero) is 1. The number of carbonyl (C=O) groups is 2. The van der Waals surface area contributed by atoms with Gasteiger partial charge in [-0.2, -0.15) is 0 Å². The van der Waals surface area contributed by atoms with E-state index in [1.807, 2.05) is 0 Å². The largest absolute Gasteiger partial charge is 0.476 e. The molecular weight excluding hydrogens is 479 g/mol. The Labute approximate surface area is 205 Å². The van der Waals surface area contributed by atoms with Crippen molar-refractivity contribution >= 4 is 22.7 Å². The summed E-state index contributed by atoms with van der Waals surface area (Å²) < 4.78 is 31.6. The lowest BCUT2D eigenvalue weighted by atomic mass is 9.81. The maximum absolute atomic E-state index is 15.5. The zero-order valence-electron chi connectivity index (χ0n) is 19.4. The highest BCUT2D eigenvalue weighted by Gasteiger charge is 2.59. The average molecular weight is 506 g/mol. The zero-order valence-corrected chi connectivity index (χ0v) is 19.4. The monoisotopic (exact) mass is 506 g/mol. The molecule has 1 aliphatic heterocycles. The van der Waals surface area contributed by atoms with E-state index in [4.69, 9.17) is 20.3 Å². The number of carboxylic acids is 1. The van der Waals surface area contributed by atoms with E-state index >= 15 is 4.39 Å². The van der Waals surface area contributed by atoms with Crippen molar-refractivity contribution in [3.63, 3.8) is 0 Å². The Morgan fingerprint density at radius 2 is 2.06 bits per heavy atom. The first-order chi connectivity index (χ1) is 17.0. The smallest absolute Gasteiger partial charge is 0.380 e. The fourth-order valence-electron chi connectivity index (χ4n) is 4.27. The van der Waals surface area contributed by atoms with Gasteiger partial charge in [0.15, 0.2) is 6.17 Å². The van der Waals surface area contributed by atoms with Crippen LogP contribution in [0.25, 0.3) is 11.0 Å². The van der Waals surface area contributed by atoms with Gasteiger partial charge in [-0.1, -0.05) is 0 Å². The van der Waals surface area contributed by atoms with Gasteiger partial charge < -0.3 is 34.3 Å². The molecule has 194 valence electrons. The number of rotatable bonds is 10. The average Bonchev–Trinajstić information content (AvgIpc) is 2.82. The Morgan fingerprint density at radius 3 is 2.69 bits per heavy atom. The molecule has 3 rings (SSSR count). The Bertz CT molecular complexity index is 1220.